The van der Waals surface area contributed by atoms with Gasteiger partial charge in [0.05, 0.1) is 11.2 Å². The van der Waals surface area contributed by atoms with Crippen molar-refractivity contribution < 1.29 is 18.5 Å². The molecule has 0 aliphatic carbocycles. The van der Waals surface area contributed by atoms with Crippen molar-refractivity contribution in [2.45, 2.75) is 38.9 Å². The van der Waals surface area contributed by atoms with Gasteiger partial charge in [-0.15, -0.1) is 0 Å². The third-order valence-electron chi connectivity index (χ3n) is 3.73. The molecular formula is C13H17BFNO3. The first-order chi connectivity index (χ1) is 8.77. The first-order valence-electron chi connectivity index (χ1n) is 6.12. The Hall–Kier alpha value is -1.40. The van der Waals surface area contributed by atoms with Crippen molar-refractivity contribution in [3.05, 3.63) is 24.0 Å². The second kappa shape index (κ2) is 4.61. The summed E-state index contributed by atoms with van der Waals surface area (Å²) in [7, 11) is -0.779. The number of halogens is 1. The maximum absolute atomic E-state index is 13.9. The quantitative estimate of drug-likeness (QED) is 0.668. The SMILES string of the molecule is CC1(C)OB(c2cc(NC=O)ccc2F)OC1(C)C. The zero-order valence-electron chi connectivity index (χ0n) is 11.5. The molecule has 0 unspecified atom stereocenters. The second-order valence-electron chi connectivity index (χ2n) is 5.59. The van der Waals surface area contributed by atoms with Gasteiger partial charge >= 0.3 is 7.12 Å². The molecule has 0 atom stereocenters. The number of benzene rings is 1. The van der Waals surface area contributed by atoms with Crippen LogP contribution in [0.2, 0.25) is 0 Å². The van der Waals surface area contributed by atoms with E-state index in [-0.39, 0.29) is 5.46 Å². The highest BCUT2D eigenvalue weighted by atomic mass is 19.1. The Balaban J connectivity index is 2.33. The normalized spacial score (nSPS) is 20.4. The van der Waals surface area contributed by atoms with Crippen molar-refractivity contribution in [3.63, 3.8) is 0 Å². The lowest BCUT2D eigenvalue weighted by molar-refractivity contribution is -0.105. The minimum atomic E-state index is -0.779. The molecule has 1 N–H and O–H groups in total. The van der Waals surface area contributed by atoms with Crippen molar-refractivity contribution in [3.8, 4) is 0 Å². The first kappa shape index (κ1) is 14.0. The van der Waals surface area contributed by atoms with Gasteiger partial charge in [-0.25, -0.2) is 4.39 Å². The summed E-state index contributed by atoms with van der Waals surface area (Å²) >= 11 is 0. The number of nitrogens with one attached hydrogen (secondary N) is 1. The van der Waals surface area contributed by atoms with Gasteiger partial charge in [-0.3, -0.25) is 4.79 Å². The molecule has 1 heterocycles. The summed E-state index contributed by atoms with van der Waals surface area (Å²) in [5.41, 5.74) is -0.275. The zero-order chi connectivity index (χ0) is 14.3. The molecule has 4 nitrogen and oxygen atoms in total. The van der Waals surface area contributed by atoms with E-state index in [0.29, 0.717) is 12.1 Å². The Kier molecular flexibility index (Phi) is 3.41. The molecule has 1 saturated heterocycles. The van der Waals surface area contributed by atoms with Crippen LogP contribution in [0, 0.1) is 5.82 Å². The molecule has 1 amide bonds. The van der Waals surface area contributed by atoms with E-state index in [9.17, 15) is 9.18 Å². The molecule has 0 radical (unpaired) electrons. The van der Waals surface area contributed by atoms with Gasteiger partial charge in [-0.1, -0.05) is 0 Å². The fourth-order valence-corrected chi connectivity index (χ4v) is 1.85. The number of rotatable bonds is 3. The lowest BCUT2D eigenvalue weighted by Gasteiger charge is -2.32. The molecule has 102 valence electrons. The van der Waals surface area contributed by atoms with Gasteiger partial charge in [0.2, 0.25) is 6.41 Å². The first-order valence-corrected chi connectivity index (χ1v) is 6.12. The summed E-state index contributed by atoms with van der Waals surface area (Å²) in [6.07, 6.45) is 0.543. The molecule has 0 saturated carbocycles. The van der Waals surface area contributed by atoms with E-state index in [4.69, 9.17) is 9.31 Å². The second-order valence-corrected chi connectivity index (χ2v) is 5.59. The van der Waals surface area contributed by atoms with Crippen LogP contribution in [0.4, 0.5) is 10.1 Å². The van der Waals surface area contributed by atoms with Crippen LogP contribution in [0.3, 0.4) is 0 Å². The van der Waals surface area contributed by atoms with Crippen LogP contribution < -0.4 is 10.8 Å². The van der Waals surface area contributed by atoms with Crippen molar-refractivity contribution in [1.29, 1.82) is 0 Å². The van der Waals surface area contributed by atoms with Crippen LogP contribution in [0.25, 0.3) is 0 Å². The van der Waals surface area contributed by atoms with Crippen LogP contribution in [-0.2, 0) is 14.1 Å². The fraction of sp³-hybridized carbons (Fsp3) is 0.462. The minimum absolute atomic E-state index is 0.283. The van der Waals surface area contributed by atoms with E-state index in [1.165, 1.54) is 18.2 Å². The van der Waals surface area contributed by atoms with E-state index in [1.54, 1.807) is 0 Å². The Morgan fingerprint density at radius 3 is 2.32 bits per heavy atom. The van der Waals surface area contributed by atoms with E-state index in [0.717, 1.165) is 0 Å². The predicted octanol–water partition coefficient (Wildman–Crippen LogP) is 1.69. The van der Waals surface area contributed by atoms with Gasteiger partial charge in [0.25, 0.3) is 0 Å². The largest absolute Gasteiger partial charge is 0.497 e. The van der Waals surface area contributed by atoms with Gasteiger partial charge in [-0.05, 0) is 45.9 Å². The monoisotopic (exact) mass is 265 g/mol. The van der Waals surface area contributed by atoms with Gasteiger partial charge in [0, 0.05) is 11.2 Å². The minimum Gasteiger partial charge on any atom is -0.399 e. The van der Waals surface area contributed by atoms with Gasteiger partial charge in [0.1, 0.15) is 5.82 Å². The highest BCUT2D eigenvalue weighted by molar-refractivity contribution is 6.62. The standard InChI is InChI=1S/C13H17BFNO3/c1-12(2)13(3,4)19-14(18-12)10-7-9(16-8-17)5-6-11(10)15/h5-8H,1-4H3,(H,16,17). The molecule has 6 heteroatoms. The third-order valence-corrected chi connectivity index (χ3v) is 3.73. The smallest absolute Gasteiger partial charge is 0.399 e. The lowest BCUT2D eigenvalue weighted by Crippen LogP contribution is -2.41. The lowest BCUT2D eigenvalue weighted by atomic mass is 9.78. The fourth-order valence-electron chi connectivity index (χ4n) is 1.85. The van der Waals surface area contributed by atoms with Crippen LogP contribution in [-0.4, -0.2) is 24.7 Å². The molecule has 2 rings (SSSR count). The summed E-state index contributed by atoms with van der Waals surface area (Å²) in [6.45, 7) is 7.60. The average molecular weight is 265 g/mol. The molecule has 0 aromatic heterocycles. The maximum atomic E-state index is 13.9. The molecule has 1 aromatic rings. The van der Waals surface area contributed by atoms with E-state index in [2.05, 4.69) is 5.32 Å². The number of amides is 1. The van der Waals surface area contributed by atoms with E-state index >= 15 is 0 Å². The molecule has 1 fully saturated rings. The molecule has 0 bridgehead atoms. The topological polar surface area (TPSA) is 47.6 Å². The number of hydrogen-bond acceptors (Lipinski definition) is 3. The van der Waals surface area contributed by atoms with Crippen molar-refractivity contribution in [2.24, 2.45) is 0 Å². The predicted molar refractivity (Wildman–Crippen MR) is 71.8 cm³/mol. The van der Waals surface area contributed by atoms with Crippen molar-refractivity contribution in [2.75, 3.05) is 5.32 Å². The van der Waals surface area contributed by atoms with Crippen LogP contribution in [0.1, 0.15) is 27.7 Å². The van der Waals surface area contributed by atoms with Gasteiger partial charge in [-0.2, -0.15) is 0 Å². The number of anilines is 1. The Morgan fingerprint density at radius 1 is 1.21 bits per heavy atom. The van der Waals surface area contributed by atoms with E-state index < -0.39 is 24.1 Å². The summed E-state index contributed by atoms with van der Waals surface area (Å²) in [5.74, 6) is -0.421. The third kappa shape index (κ3) is 2.50. The average Bonchev–Trinajstić information content (AvgIpc) is 2.51. The highest BCUT2D eigenvalue weighted by Crippen LogP contribution is 2.36. The molecule has 1 aliphatic heterocycles. The maximum Gasteiger partial charge on any atom is 0.497 e. The number of hydrogen-bond donors (Lipinski definition) is 1. The summed E-state index contributed by atoms with van der Waals surface area (Å²) in [4.78, 5) is 10.4. The Labute approximate surface area is 112 Å². The summed E-state index contributed by atoms with van der Waals surface area (Å²) in [5, 5.41) is 2.48. The van der Waals surface area contributed by atoms with Gasteiger partial charge < -0.3 is 14.6 Å². The molecule has 0 spiro atoms. The Morgan fingerprint density at radius 2 is 1.79 bits per heavy atom. The number of carbonyl (C=O) groups is 1. The zero-order valence-corrected chi connectivity index (χ0v) is 11.5. The molecule has 1 aliphatic rings. The number of carbonyl (C=O) groups excluding carboxylic acids is 1. The van der Waals surface area contributed by atoms with Crippen LogP contribution in [0.15, 0.2) is 18.2 Å². The van der Waals surface area contributed by atoms with Crippen molar-refractivity contribution >= 4 is 24.7 Å². The molecule has 19 heavy (non-hydrogen) atoms. The molecule has 1 aromatic carbocycles. The highest BCUT2D eigenvalue weighted by Gasteiger charge is 2.52. The van der Waals surface area contributed by atoms with Crippen molar-refractivity contribution in [1.82, 2.24) is 0 Å². The van der Waals surface area contributed by atoms with Gasteiger partial charge in [0.15, 0.2) is 0 Å². The van der Waals surface area contributed by atoms with Crippen LogP contribution in [0.5, 0.6) is 0 Å². The summed E-state index contributed by atoms with van der Waals surface area (Å²) in [6, 6.07) is 4.29. The van der Waals surface area contributed by atoms with Crippen LogP contribution >= 0.6 is 0 Å². The Bertz CT molecular complexity index is 489. The van der Waals surface area contributed by atoms with E-state index in [1.807, 2.05) is 27.7 Å². The summed E-state index contributed by atoms with van der Waals surface area (Å²) < 4.78 is 25.5. The molecular weight excluding hydrogens is 248 g/mol.